The van der Waals surface area contributed by atoms with Gasteiger partial charge in [-0.25, -0.2) is 5.48 Å². The maximum atomic E-state index is 12.5. The van der Waals surface area contributed by atoms with Crippen molar-refractivity contribution in [2.45, 2.75) is 155 Å². The highest BCUT2D eigenvalue weighted by atomic mass is 16.7. The lowest BCUT2D eigenvalue weighted by Gasteiger charge is -2.38. The Hall–Kier alpha value is -2.82. The lowest BCUT2D eigenvalue weighted by molar-refractivity contribution is -0.253. The fraction of sp³-hybridized carbons (Fsp3) is 0.659. The molecule has 1 aliphatic rings. The van der Waals surface area contributed by atoms with E-state index in [1.807, 2.05) is 36.4 Å². The number of aliphatic hydroxyl groups is 1. The van der Waals surface area contributed by atoms with E-state index >= 15 is 0 Å². The van der Waals surface area contributed by atoms with Crippen molar-refractivity contribution in [2.75, 3.05) is 25.0 Å². The molecule has 0 aliphatic carbocycles. The Kier molecular flexibility index (Phi) is 21.0. The molecule has 4 N–H and O–H groups in total. The summed E-state index contributed by atoms with van der Waals surface area (Å²) in [6.07, 6.45) is 18.1. The number of carbonyl (C=O) groups excluding carboxylic acids is 2. The Labute approximate surface area is 301 Å². The first-order valence-electron chi connectivity index (χ1n) is 19.5. The molecule has 2 amide bonds. The zero-order valence-corrected chi connectivity index (χ0v) is 30.9. The number of benzene rings is 2. The summed E-state index contributed by atoms with van der Waals surface area (Å²) in [5.74, 6) is -0.479. The van der Waals surface area contributed by atoms with Crippen LogP contribution in [0, 0.1) is 0 Å². The maximum Gasteiger partial charge on any atom is 0.243 e. The highest BCUT2D eigenvalue weighted by Gasteiger charge is 2.33. The quantitative estimate of drug-likeness (QED) is 0.0440. The van der Waals surface area contributed by atoms with Gasteiger partial charge in [-0.2, -0.15) is 0 Å². The predicted molar refractivity (Wildman–Crippen MR) is 200 cm³/mol. The second-order valence-electron chi connectivity index (χ2n) is 14.0. The lowest BCUT2D eigenvalue weighted by atomic mass is 9.99. The van der Waals surface area contributed by atoms with Gasteiger partial charge in [0.2, 0.25) is 11.8 Å². The summed E-state index contributed by atoms with van der Waals surface area (Å²) in [5.41, 5.74) is 5.22. The van der Waals surface area contributed by atoms with Gasteiger partial charge in [0.1, 0.15) is 0 Å². The van der Waals surface area contributed by atoms with E-state index in [1.54, 1.807) is 5.48 Å². The van der Waals surface area contributed by atoms with Gasteiger partial charge in [-0.3, -0.25) is 14.8 Å². The number of hydrogen-bond donors (Lipinski definition) is 4. The summed E-state index contributed by atoms with van der Waals surface area (Å²) >= 11 is 0. The number of aliphatic hydroxyl groups excluding tert-OH is 1. The van der Waals surface area contributed by atoms with E-state index in [-0.39, 0.29) is 31.1 Å². The van der Waals surface area contributed by atoms with Gasteiger partial charge in [-0.05, 0) is 62.0 Å². The Morgan fingerprint density at radius 3 is 1.82 bits per heavy atom. The van der Waals surface area contributed by atoms with Crippen LogP contribution in [0.3, 0.4) is 0 Å². The number of hydroxylamine groups is 1. The van der Waals surface area contributed by atoms with E-state index in [1.165, 1.54) is 77.0 Å². The standard InChI is InChI=1S/C41H65N3O6/c1-3-5-7-9-11-16-28-44(29-17-12-10-8-6-4-2)31-37-30-38(34-22-20-33(32-45)21-23-34)50-41(49-37)35-24-26-36(27-25-35)42-39(46)18-14-13-15-19-40(47)43-48/h20-27,37-38,41,45,48H,3-19,28-32H2,1-2H3,(H,42,46)(H,43,47). The smallest absolute Gasteiger partial charge is 0.243 e. The van der Waals surface area contributed by atoms with Crippen LogP contribution in [0.4, 0.5) is 5.69 Å². The summed E-state index contributed by atoms with van der Waals surface area (Å²) in [6.45, 7) is 7.59. The van der Waals surface area contributed by atoms with Crippen LogP contribution in [0.25, 0.3) is 0 Å². The average Bonchev–Trinajstić information content (AvgIpc) is 3.14. The van der Waals surface area contributed by atoms with E-state index in [4.69, 9.17) is 14.7 Å². The fourth-order valence-electron chi connectivity index (χ4n) is 6.60. The molecule has 9 heteroatoms. The second kappa shape index (κ2) is 25.2. The molecule has 2 aromatic rings. The van der Waals surface area contributed by atoms with Crippen molar-refractivity contribution in [1.82, 2.24) is 10.4 Å². The monoisotopic (exact) mass is 695 g/mol. The van der Waals surface area contributed by atoms with Gasteiger partial charge >= 0.3 is 0 Å². The molecule has 0 saturated carbocycles. The van der Waals surface area contributed by atoms with Gasteiger partial charge in [0.05, 0.1) is 18.8 Å². The minimum atomic E-state index is -0.540. The Morgan fingerprint density at radius 2 is 1.24 bits per heavy atom. The molecule has 0 aromatic heterocycles. The number of amides is 2. The molecule has 0 spiro atoms. The number of anilines is 1. The van der Waals surface area contributed by atoms with Crippen LogP contribution in [0.2, 0.25) is 0 Å². The summed E-state index contributed by atoms with van der Waals surface area (Å²) < 4.78 is 13.3. The molecule has 1 saturated heterocycles. The molecule has 3 atom stereocenters. The SMILES string of the molecule is CCCCCCCCN(CCCCCCCC)CC1CC(c2ccc(CO)cc2)OC(c2ccc(NC(=O)CCCCCC(=O)NO)cc2)O1. The summed E-state index contributed by atoms with van der Waals surface area (Å²) in [7, 11) is 0. The van der Waals surface area contributed by atoms with E-state index in [0.29, 0.717) is 24.9 Å². The Bertz CT molecular complexity index is 1180. The van der Waals surface area contributed by atoms with E-state index in [0.717, 1.165) is 49.2 Å². The number of ether oxygens (including phenoxy) is 2. The zero-order valence-electron chi connectivity index (χ0n) is 30.9. The van der Waals surface area contributed by atoms with Crippen LogP contribution in [-0.2, 0) is 25.7 Å². The molecular formula is C41H65N3O6. The molecule has 3 unspecified atom stereocenters. The van der Waals surface area contributed by atoms with E-state index < -0.39 is 12.2 Å². The molecule has 1 heterocycles. The van der Waals surface area contributed by atoms with Crippen molar-refractivity contribution >= 4 is 17.5 Å². The third-order valence-corrected chi connectivity index (χ3v) is 9.63. The largest absolute Gasteiger partial charge is 0.392 e. The molecule has 50 heavy (non-hydrogen) atoms. The molecule has 9 nitrogen and oxygen atoms in total. The molecular weight excluding hydrogens is 630 g/mol. The second-order valence-corrected chi connectivity index (χ2v) is 14.0. The van der Waals surface area contributed by atoms with Crippen molar-refractivity contribution in [3.05, 3.63) is 65.2 Å². The highest BCUT2D eigenvalue weighted by molar-refractivity contribution is 5.90. The Balaban J connectivity index is 1.65. The van der Waals surface area contributed by atoms with Crippen LogP contribution in [0.5, 0.6) is 0 Å². The first-order chi connectivity index (χ1) is 24.4. The van der Waals surface area contributed by atoms with Crippen LogP contribution in [0.1, 0.15) is 159 Å². The third-order valence-electron chi connectivity index (χ3n) is 9.63. The maximum absolute atomic E-state index is 12.5. The molecule has 3 rings (SSSR count). The van der Waals surface area contributed by atoms with Crippen LogP contribution in [-0.4, -0.2) is 52.8 Å². The average molecular weight is 696 g/mol. The van der Waals surface area contributed by atoms with Crippen molar-refractivity contribution in [1.29, 1.82) is 0 Å². The topological polar surface area (TPSA) is 120 Å². The molecule has 1 aliphatic heterocycles. The number of nitrogens with one attached hydrogen (secondary N) is 2. The van der Waals surface area contributed by atoms with E-state index in [2.05, 4.69) is 36.2 Å². The summed E-state index contributed by atoms with van der Waals surface area (Å²) in [4.78, 5) is 26.3. The lowest BCUT2D eigenvalue weighted by Crippen LogP contribution is -2.40. The predicted octanol–water partition coefficient (Wildman–Crippen LogP) is 9.14. The third kappa shape index (κ3) is 16.5. The van der Waals surface area contributed by atoms with Gasteiger partial charge in [0, 0.05) is 37.1 Å². The summed E-state index contributed by atoms with van der Waals surface area (Å²) in [6, 6.07) is 15.8. The molecule has 2 aromatic carbocycles. The van der Waals surface area contributed by atoms with Crippen LogP contribution in [0.15, 0.2) is 48.5 Å². The van der Waals surface area contributed by atoms with Crippen LogP contribution >= 0.6 is 0 Å². The van der Waals surface area contributed by atoms with Crippen molar-refractivity contribution < 1.29 is 29.4 Å². The number of unbranched alkanes of at least 4 members (excludes halogenated alkanes) is 12. The van der Waals surface area contributed by atoms with Gasteiger partial charge in [-0.15, -0.1) is 0 Å². The van der Waals surface area contributed by atoms with E-state index in [9.17, 15) is 14.7 Å². The van der Waals surface area contributed by atoms with Gasteiger partial charge in [0.15, 0.2) is 6.29 Å². The molecule has 0 bridgehead atoms. The first-order valence-corrected chi connectivity index (χ1v) is 19.5. The van der Waals surface area contributed by atoms with Crippen molar-refractivity contribution in [3.63, 3.8) is 0 Å². The number of rotatable bonds is 26. The Morgan fingerprint density at radius 1 is 0.700 bits per heavy atom. The minimum absolute atomic E-state index is 0.000663. The molecule has 1 fully saturated rings. The van der Waals surface area contributed by atoms with Crippen molar-refractivity contribution in [2.24, 2.45) is 0 Å². The molecule has 0 radical (unpaired) electrons. The van der Waals surface area contributed by atoms with Crippen LogP contribution < -0.4 is 10.8 Å². The molecule has 280 valence electrons. The number of carbonyl (C=O) groups is 2. The fourth-order valence-corrected chi connectivity index (χ4v) is 6.60. The number of nitrogens with zero attached hydrogens (tertiary/aromatic N) is 1. The van der Waals surface area contributed by atoms with Gasteiger partial charge < -0.3 is 24.8 Å². The number of hydrogen-bond acceptors (Lipinski definition) is 7. The minimum Gasteiger partial charge on any atom is -0.392 e. The normalized spacial score (nSPS) is 17.6. The van der Waals surface area contributed by atoms with Gasteiger partial charge in [0.25, 0.3) is 0 Å². The highest BCUT2D eigenvalue weighted by Crippen LogP contribution is 2.38. The van der Waals surface area contributed by atoms with Crippen molar-refractivity contribution in [3.8, 4) is 0 Å². The first kappa shape index (κ1) is 41.6. The van der Waals surface area contributed by atoms with Gasteiger partial charge in [-0.1, -0.05) is 121 Å². The zero-order chi connectivity index (χ0) is 35.8. The summed E-state index contributed by atoms with van der Waals surface area (Å²) in [5, 5.41) is 21.2.